The summed E-state index contributed by atoms with van der Waals surface area (Å²) in [5.41, 5.74) is 0.996. The molecule has 2 aromatic rings. The molecule has 0 aliphatic carbocycles. The van der Waals surface area contributed by atoms with Crippen molar-refractivity contribution in [3.05, 3.63) is 58.5 Å². The molecular formula is C13H10ClNS. The Morgan fingerprint density at radius 2 is 1.88 bits per heavy atom. The van der Waals surface area contributed by atoms with Gasteiger partial charge in [-0.15, -0.1) is 0 Å². The van der Waals surface area contributed by atoms with Gasteiger partial charge in [0.05, 0.1) is 5.52 Å². The summed E-state index contributed by atoms with van der Waals surface area (Å²) >= 11 is 5.98. The molecule has 0 atom stereocenters. The molecule has 16 heavy (non-hydrogen) atoms. The third-order valence-corrected chi connectivity index (χ3v) is 4.59. The number of hydrogen-bond donors (Lipinski definition) is 1. The molecule has 3 rings (SSSR count). The van der Waals surface area contributed by atoms with E-state index in [0.717, 1.165) is 15.9 Å². The van der Waals surface area contributed by atoms with Crippen LogP contribution in [0, 0.1) is 0 Å². The minimum atomic E-state index is -0.290. The molecule has 80 valence electrons. The van der Waals surface area contributed by atoms with Crippen molar-refractivity contribution in [1.29, 1.82) is 0 Å². The largest absolute Gasteiger partial charge is 0.255 e. The van der Waals surface area contributed by atoms with Gasteiger partial charge in [0.15, 0.2) is 0 Å². The summed E-state index contributed by atoms with van der Waals surface area (Å²) in [5, 5.41) is 6.32. The van der Waals surface area contributed by atoms with Gasteiger partial charge in [0.25, 0.3) is 0 Å². The van der Waals surface area contributed by atoms with E-state index in [-0.39, 0.29) is 10.9 Å². The van der Waals surface area contributed by atoms with Crippen molar-refractivity contribution in [2.75, 3.05) is 0 Å². The zero-order valence-corrected chi connectivity index (χ0v) is 10.1. The third kappa shape index (κ3) is 1.75. The number of rotatable bonds is 1. The Labute approximate surface area is 102 Å². The van der Waals surface area contributed by atoms with E-state index in [9.17, 15) is 0 Å². The molecule has 1 nitrogen and oxygen atoms in total. The lowest BCUT2D eigenvalue weighted by atomic mass is 10.2. The van der Waals surface area contributed by atoms with Crippen molar-refractivity contribution in [3.63, 3.8) is 0 Å². The van der Waals surface area contributed by atoms with Crippen LogP contribution < -0.4 is 0 Å². The van der Waals surface area contributed by atoms with E-state index in [1.54, 1.807) is 0 Å². The van der Waals surface area contributed by atoms with Gasteiger partial charge in [-0.2, -0.15) is 10.9 Å². The number of allylic oxidation sites excluding steroid dienone is 2. The smallest absolute Gasteiger partial charge is 0.0703 e. The lowest BCUT2D eigenvalue weighted by Crippen LogP contribution is -1.82. The number of halogens is 1. The molecule has 0 saturated carbocycles. The van der Waals surface area contributed by atoms with Crippen LogP contribution in [-0.2, 0) is 0 Å². The number of benzene rings is 1. The Balaban J connectivity index is 2.14. The first-order chi connectivity index (χ1) is 7.83. The van der Waals surface area contributed by atoms with Gasteiger partial charge in [0.1, 0.15) is 0 Å². The molecule has 0 fully saturated rings. The number of thiol groups is 1. The van der Waals surface area contributed by atoms with Gasteiger partial charge in [-0.1, -0.05) is 23.8 Å². The Hall–Kier alpha value is -1.25. The fourth-order valence-corrected chi connectivity index (χ4v) is 3.41. The first-order valence-electron chi connectivity index (χ1n) is 5.01. The van der Waals surface area contributed by atoms with Crippen molar-refractivity contribution >= 4 is 33.4 Å². The Morgan fingerprint density at radius 3 is 2.69 bits per heavy atom. The van der Waals surface area contributed by atoms with Gasteiger partial charge in [-0.05, 0) is 35.1 Å². The van der Waals surface area contributed by atoms with Gasteiger partial charge in [-0.25, -0.2) is 0 Å². The second kappa shape index (κ2) is 3.96. The van der Waals surface area contributed by atoms with Crippen LogP contribution in [-0.4, -0.2) is 4.98 Å². The highest BCUT2D eigenvalue weighted by Gasteiger charge is 2.05. The van der Waals surface area contributed by atoms with Gasteiger partial charge in [0.2, 0.25) is 0 Å². The standard InChI is InChI=1S/C13H10ClNS/c14-11-3-4-13-10(7-11)8-12(9-15-13)16-5-1-2-6-16/h1-9,16H. The maximum Gasteiger partial charge on any atom is 0.0703 e. The number of hydrogen-bond acceptors (Lipinski definition) is 1. The summed E-state index contributed by atoms with van der Waals surface area (Å²) in [6.07, 6.45) is 6.14. The van der Waals surface area contributed by atoms with E-state index in [2.05, 4.69) is 34.0 Å². The molecule has 1 aliphatic rings. The van der Waals surface area contributed by atoms with E-state index in [1.807, 2.05) is 24.4 Å². The number of pyridine rings is 1. The molecule has 0 amide bonds. The lowest BCUT2D eigenvalue weighted by Gasteiger charge is -2.10. The molecule has 3 heteroatoms. The number of nitrogens with zero attached hydrogens (tertiary/aromatic N) is 1. The molecule has 0 saturated heterocycles. The molecule has 0 N–H and O–H groups in total. The van der Waals surface area contributed by atoms with Gasteiger partial charge < -0.3 is 0 Å². The second-order valence-corrected chi connectivity index (χ2v) is 5.98. The molecular weight excluding hydrogens is 238 g/mol. The predicted molar refractivity (Wildman–Crippen MR) is 72.3 cm³/mol. The fourth-order valence-electron chi connectivity index (χ4n) is 1.74. The van der Waals surface area contributed by atoms with E-state index in [4.69, 9.17) is 11.6 Å². The maximum absolute atomic E-state index is 5.98. The van der Waals surface area contributed by atoms with E-state index >= 15 is 0 Å². The maximum atomic E-state index is 5.98. The van der Waals surface area contributed by atoms with E-state index < -0.39 is 0 Å². The molecule has 1 aliphatic heterocycles. The molecule has 0 bridgehead atoms. The zero-order valence-electron chi connectivity index (χ0n) is 8.47. The molecule has 1 aromatic carbocycles. The average Bonchev–Trinajstić information content (AvgIpc) is 2.81. The van der Waals surface area contributed by atoms with Gasteiger partial charge in [-0.3, -0.25) is 4.98 Å². The predicted octanol–water partition coefficient (Wildman–Crippen LogP) is 4.29. The van der Waals surface area contributed by atoms with E-state index in [1.165, 1.54) is 4.90 Å². The van der Waals surface area contributed by atoms with Crippen LogP contribution in [0.4, 0.5) is 0 Å². The average molecular weight is 248 g/mol. The minimum absolute atomic E-state index is 0.290. The van der Waals surface area contributed by atoms with Crippen molar-refractivity contribution in [2.24, 2.45) is 0 Å². The van der Waals surface area contributed by atoms with Crippen LogP contribution in [0.25, 0.3) is 10.9 Å². The Bertz CT molecular complexity index is 592. The quantitative estimate of drug-likeness (QED) is 0.742. The normalized spacial score (nSPS) is 16.2. The summed E-state index contributed by atoms with van der Waals surface area (Å²) in [5.74, 6) is 0. The highest BCUT2D eigenvalue weighted by Crippen LogP contribution is 2.42. The second-order valence-electron chi connectivity index (χ2n) is 3.62. The summed E-state index contributed by atoms with van der Waals surface area (Å²) in [6, 6.07) is 7.97. The molecule has 0 spiro atoms. The highest BCUT2D eigenvalue weighted by molar-refractivity contribution is 8.22. The van der Waals surface area contributed by atoms with Crippen LogP contribution in [0.5, 0.6) is 0 Å². The van der Waals surface area contributed by atoms with Crippen LogP contribution >= 0.6 is 22.5 Å². The third-order valence-electron chi connectivity index (χ3n) is 2.53. The van der Waals surface area contributed by atoms with Crippen molar-refractivity contribution < 1.29 is 0 Å². The number of aromatic nitrogens is 1. The van der Waals surface area contributed by atoms with Crippen LogP contribution in [0.2, 0.25) is 5.02 Å². The van der Waals surface area contributed by atoms with Crippen LogP contribution in [0.3, 0.4) is 0 Å². The van der Waals surface area contributed by atoms with Crippen molar-refractivity contribution in [1.82, 2.24) is 4.98 Å². The Kier molecular flexibility index (Phi) is 2.46. The number of fused-ring (bicyclic) bond motifs is 1. The lowest BCUT2D eigenvalue weighted by molar-refractivity contribution is 1.31. The molecule has 0 radical (unpaired) electrons. The molecule has 2 heterocycles. The monoisotopic (exact) mass is 247 g/mol. The topological polar surface area (TPSA) is 12.9 Å². The van der Waals surface area contributed by atoms with E-state index in [0.29, 0.717) is 0 Å². The first-order valence-corrected chi connectivity index (χ1v) is 6.87. The minimum Gasteiger partial charge on any atom is -0.255 e. The first kappa shape index (κ1) is 9.94. The highest BCUT2D eigenvalue weighted by atomic mass is 35.5. The zero-order chi connectivity index (χ0) is 11.0. The van der Waals surface area contributed by atoms with Gasteiger partial charge in [0, 0.05) is 21.5 Å². The summed E-state index contributed by atoms with van der Waals surface area (Å²) < 4.78 is 0. The van der Waals surface area contributed by atoms with Gasteiger partial charge >= 0.3 is 0 Å². The summed E-state index contributed by atoms with van der Waals surface area (Å²) in [6.45, 7) is 0. The van der Waals surface area contributed by atoms with Crippen LogP contribution in [0.1, 0.15) is 0 Å². The molecule has 1 aromatic heterocycles. The summed E-state index contributed by atoms with van der Waals surface area (Å²) in [4.78, 5) is 5.73. The summed E-state index contributed by atoms with van der Waals surface area (Å²) in [7, 11) is -0.290. The van der Waals surface area contributed by atoms with Crippen LogP contribution in [0.15, 0.2) is 58.3 Å². The Morgan fingerprint density at radius 1 is 1.06 bits per heavy atom. The SMILES string of the molecule is Clc1ccc2ncc([SH]3C=CC=C3)cc2c1. The van der Waals surface area contributed by atoms with Crippen molar-refractivity contribution in [3.8, 4) is 0 Å². The van der Waals surface area contributed by atoms with Crippen molar-refractivity contribution in [2.45, 2.75) is 4.90 Å². The fraction of sp³-hybridized carbons (Fsp3) is 0. The molecule has 0 unspecified atom stereocenters.